The highest BCUT2D eigenvalue weighted by Gasteiger charge is 2.10. The molecule has 0 amide bonds. The largest absolute Gasteiger partial charge is 1.00 e. The van der Waals surface area contributed by atoms with Crippen molar-refractivity contribution in [1.29, 1.82) is 0 Å². The predicted octanol–water partition coefficient (Wildman–Crippen LogP) is 0.0879. The van der Waals surface area contributed by atoms with Crippen LogP contribution in [0.5, 0.6) is 5.75 Å². The fraction of sp³-hybridized carbons (Fsp3) is 0.275. The number of methoxy groups -OCH3 is 1. The second kappa shape index (κ2) is 23.2. The van der Waals surface area contributed by atoms with Gasteiger partial charge < -0.3 is 55.7 Å². The first kappa shape index (κ1) is 48.7. The highest BCUT2D eigenvalue weighted by atomic mass is 79.9. The lowest BCUT2D eigenvalue weighted by molar-refractivity contribution is -0.00100. The molecule has 0 aliphatic carbocycles. The molecule has 0 aliphatic heterocycles. The Balaban J connectivity index is 0. The lowest BCUT2D eigenvalue weighted by Gasteiger charge is -2.22. The van der Waals surface area contributed by atoms with Crippen molar-refractivity contribution in [3.05, 3.63) is 133 Å². The quantitative estimate of drug-likeness (QED) is 0.137. The van der Waals surface area contributed by atoms with E-state index in [4.69, 9.17) is 4.74 Å². The molecule has 0 fully saturated rings. The molecule has 5 aromatic carbocycles. The van der Waals surface area contributed by atoms with Gasteiger partial charge >= 0.3 is 0 Å². The second-order valence-corrected chi connectivity index (χ2v) is 14.1. The SMILES string of the molecule is COc1ccc2cc(C(=O)CBr)ccc2c1.C[N+](C)(C)c1ccccc1.C[N+](C)(C)c1ccccc1.C[N+](C)(C)c1ccccc1.[Br-].[Br-].[Br-]. The predicted molar refractivity (Wildman–Crippen MR) is 207 cm³/mol. The highest BCUT2D eigenvalue weighted by molar-refractivity contribution is 9.09. The topological polar surface area (TPSA) is 26.3 Å². The summed E-state index contributed by atoms with van der Waals surface area (Å²) in [5.41, 5.74) is 4.74. The molecule has 49 heavy (non-hydrogen) atoms. The van der Waals surface area contributed by atoms with Crippen LogP contribution in [0.15, 0.2) is 127 Å². The number of fused-ring (bicyclic) bond motifs is 1. The van der Waals surface area contributed by atoms with Crippen molar-refractivity contribution in [3.63, 3.8) is 0 Å². The fourth-order valence-corrected chi connectivity index (χ4v) is 4.55. The number of para-hydroxylation sites is 3. The third kappa shape index (κ3) is 17.9. The number of ketones is 1. The molecule has 0 bridgehead atoms. The summed E-state index contributed by atoms with van der Waals surface area (Å²) >= 11 is 3.17. The van der Waals surface area contributed by atoms with E-state index in [1.54, 1.807) is 7.11 Å². The van der Waals surface area contributed by atoms with Gasteiger partial charge in [0.15, 0.2) is 5.78 Å². The zero-order valence-corrected chi connectivity index (χ0v) is 36.8. The molecule has 9 heteroatoms. The first-order valence-corrected chi connectivity index (χ1v) is 16.5. The van der Waals surface area contributed by atoms with Gasteiger partial charge in [0.25, 0.3) is 0 Å². The number of quaternary nitrogens is 3. The molecule has 0 N–H and O–H groups in total. The molecule has 0 radical (unpaired) electrons. The number of benzene rings is 5. The molecule has 0 aliphatic rings. The third-order valence-corrected chi connectivity index (χ3v) is 7.59. The number of rotatable bonds is 6. The van der Waals surface area contributed by atoms with Gasteiger partial charge in [0.1, 0.15) is 22.8 Å². The molecule has 5 aromatic rings. The molecule has 0 aromatic heterocycles. The van der Waals surface area contributed by atoms with E-state index >= 15 is 0 Å². The van der Waals surface area contributed by atoms with Gasteiger partial charge in [-0.15, -0.1) is 0 Å². The number of nitrogens with zero attached hydrogens (tertiary/aromatic N) is 3. The summed E-state index contributed by atoms with van der Waals surface area (Å²) in [6, 6.07) is 42.9. The number of hydrogen-bond donors (Lipinski definition) is 0. The van der Waals surface area contributed by atoms with Crippen LogP contribution in [0, 0.1) is 0 Å². The summed E-state index contributed by atoms with van der Waals surface area (Å²) < 4.78 is 7.82. The van der Waals surface area contributed by atoms with Crippen molar-refractivity contribution in [2.24, 2.45) is 0 Å². The summed E-state index contributed by atoms with van der Waals surface area (Å²) in [5, 5.41) is 2.48. The molecular formula is C40H53Br4N3O2. The Hall–Kier alpha value is -2.37. The lowest BCUT2D eigenvalue weighted by atomic mass is 10.0. The normalized spacial score (nSPS) is 10.4. The van der Waals surface area contributed by atoms with Crippen LogP contribution in [-0.2, 0) is 0 Å². The summed E-state index contributed by atoms with van der Waals surface area (Å²) in [6.07, 6.45) is 0. The van der Waals surface area contributed by atoms with E-state index in [9.17, 15) is 4.79 Å². The number of alkyl halides is 1. The maximum absolute atomic E-state index is 11.5. The summed E-state index contributed by atoms with van der Waals surface area (Å²) in [4.78, 5) is 11.5. The van der Waals surface area contributed by atoms with Crippen molar-refractivity contribution < 1.29 is 60.5 Å². The number of carbonyl (C=O) groups excluding carboxylic acids is 1. The van der Waals surface area contributed by atoms with Crippen molar-refractivity contribution in [2.45, 2.75) is 0 Å². The van der Waals surface area contributed by atoms with Gasteiger partial charge in [-0.1, -0.05) is 88.7 Å². The minimum atomic E-state index is 0. The number of hydrogen-bond acceptors (Lipinski definition) is 2. The van der Waals surface area contributed by atoms with Gasteiger partial charge in [-0.25, -0.2) is 0 Å². The first-order valence-electron chi connectivity index (χ1n) is 15.3. The monoisotopic (exact) mass is 923 g/mol. The van der Waals surface area contributed by atoms with E-state index < -0.39 is 0 Å². The van der Waals surface area contributed by atoms with Crippen molar-refractivity contribution >= 4 is 49.5 Å². The van der Waals surface area contributed by atoms with E-state index in [1.165, 1.54) is 17.1 Å². The van der Waals surface area contributed by atoms with Crippen LogP contribution in [0.1, 0.15) is 10.4 Å². The Bertz CT molecular complexity index is 1500. The van der Waals surface area contributed by atoms with Gasteiger partial charge in [0, 0.05) is 5.56 Å². The third-order valence-electron chi connectivity index (χ3n) is 7.08. The van der Waals surface area contributed by atoms with E-state index in [0.29, 0.717) is 5.33 Å². The smallest absolute Gasteiger partial charge is 0.173 e. The Morgan fingerprint density at radius 2 is 0.837 bits per heavy atom. The van der Waals surface area contributed by atoms with Crippen LogP contribution in [0.2, 0.25) is 0 Å². The minimum absolute atomic E-state index is 0. The van der Waals surface area contributed by atoms with Crippen molar-refractivity contribution in [3.8, 4) is 5.75 Å². The zero-order chi connectivity index (χ0) is 34.4. The molecule has 0 saturated carbocycles. The Kier molecular flexibility index (Phi) is 23.0. The molecule has 0 unspecified atom stereocenters. The average Bonchev–Trinajstić information content (AvgIpc) is 3.05. The summed E-state index contributed by atoms with van der Waals surface area (Å²) in [5.74, 6) is 0.921. The molecular weight excluding hydrogens is 874 g/mol. The van der Waals surface area contributed by atoms with Crippen LogP contribution >= 0.6 is 15.9 Å². The number of ether oxygens (including phenoxy) is 1. The fourth-order valence-electron chi connectivity index (χ4n) is 4.23. The van der Waals surface area contributed by atoms with E-state index in [1.807, 2.05) is 54.6 Å². The first-order chi connectivity index (χ1) is 21.6. The van der Waals surface area contributed by atoms with Crippen LogP contribution in [0.25, 0.3) is 10.8 Å². The standard InChI is InChI=1S/C13H11BrO2.3C9H14N.3BrH/c1-16-12-5-4-9-6-11(13(15)8-14)3-2-10(9)7-12;3*1-10(2,3)9-7-5-4-6-8-9;;;/h2-7H,8H2,1H3;3*4-8H,1-3H3;3*1H/q;3*+1;;;/p-3. The minimum Gasteiger partial charge on any atom is -1.00 e. The lowest BCUT2D eigenvalue weighted by Crippen LogP contribution is -3.00. The van der Waals surface area contributed by atoms with Gasteiger partial charge in [-0.3, -0.25) is 18.2 Å². The van der Waals surface area contributed by atoms with Crippen LogP contribution in [-0.4, -0.2) is 81.7 Å². The van der Waals surface area contributed by atoms with Gasteiger partial charge in [0.05, 0.1) is 75.9 Å². The molecule has 5 nitrogen and oxygen atoms in total. The van der Waals surface area contributed by atoms with Gasteiger partial charge in [-0.2, -0.15) is 0 Å². The van der Waals surface area contributed by atoms with Gasteiger partial charge in [0.2, 0.25) is 0 Å². The van der Waals surface area contributed by atoms with Crippen LogP contribution in [0.3, 0.4) is 0 Å². The summed E-state index contributed by atoms with van der Waals surface area (Å²) in [6.45, 7) is 0. The molecule has 0 heterocycles. The zero-order valence-electron chi connectivity index (χ0n) is 30.5. The maximum atomic E-state index is 11.5. The number of Topliss-reactive ketones (excluding diaryl/α,β-unsaturated/α-hetero) is 1. The number of halogens is 4. The number of carbonyl (C=O) groups is 1. The van der Waals surface area contributed by atoms with E-state index in [-0.39, 0.29) is 56.7 Å². The van der Waals surface area contributed by atoms with Crippen LogP contribution < -0.4 is 69.1 Å². The van der Waals surface area contributed by atoms with Gasteiger partial charge in [-0.05, 0) is 65.4 Å². The second-order valence-electron chi connectivity index (χ2n) is 13.5. The molecule has 268 valence electrons. The Morgan fingerprint density at radius 3 is 1.12 bits per heavy atom. The van der Waals surface area contributed by atoms with Crippen molar-refractivity contribution in [1.82, 2.24) is 13.4 Å². The molecule has 0 spiro atoms. The van der Waals surface area contributed by atoms with E-state index in [2.05, 4.69) is 152 Å². The van der Waals surface area contributed by atoms with E-state index in [0.717, 1.165) is 35.5 Å². The molecule has 0 saturated heterocycles. The Morgan fingerprint density at radius 1 is 0.510 bits per heavy atom. The molecule has 0 atom stereocenters. The highest BCUT2D eigenvalue weighted by Crippen LogP contribution is 2.22. The van der Waals surface area contributed by atoms with Crippen molar-refractivity contribution in [2.75, 3.05) is 75.9 Å². The van der Waals surface area contributed by atoms with Crippen LogP contribution in [0.4, 0.5) is 17.1 Å². The maximum Gasteiger partial charge on any atom is 0.173 e. The Labute approximate surface area is 335 Å². The summed E-state index contributed by atoms with van der Waals surface area (Å²) in [7, 11) is 21.1. The average molecular weight is 927 g/mol. The molecule has 5 rings (SSSR count).